The standard InChI is InChI=1S/C44H52O11/c1-4-41(45)51-28-9-7-6-8-26-49-37-20-22-38(23-21-37)53-31-33-12-14-34(15-13-33)43(47)54-39-24-25-40(32(3)30-39)55-44(48)35-16-18-36(19-17-35)50-27-10-11-29-52-42(46)5-2/h4-5,16-25,30,33-34H,1-2,6-15,26-29,31H2,3H3. The molecule has 0 saturated heterocycles. The lowest BCUT2D eigenvalue weighted by Crippen LogP contribution is -2.27. The van der Waals surface area contributed by atoms with E-state index in [9.17, 15) is 19.2 Å². The van der Waals surface area contributed by atoms with Crippen LogP contribution in [-0.2, 0) is 23.9 Å². The van der Waals surface area contributed by atoms with Crippen molar-refractivity contribution < 1.29 is 52.3 Å². The average Bonchev–Trinajstić information content (AvgIpc) is 3.20. The molecule has 0 bridgehead atoms. The van der Waals surface area contributed by atoms with Crippen LogP contribution < -0.4 is 23.7 Å². The normalized spacial score (nSPS) is 14.9. The summed E-state index contributed by atoms with van der Waals surface area (Å²) in [5, 5.41) is 0. The van der Waals surface area contributed by atoms with Gasteiger partial charge in [-0.25, -0.2) is 14.4 Å². The van der Waals surface area contributed by atoms with E-state index >= 15 is 0 Å². The first-order valence-electron chi connectivity index (χ1n) is 19.0. The highest BCUT2D eigenvalue weighted by Crippen LogP contribution is 2.32. The van der Waals surface area contributed by atoms with E-state index in [0.717, 1.165) is 68.9 Å². The first-order chi connectivity index (χ1) is 26.7. The molecule has 0 N–H and O–H groups in total. The highest BCUT2D eigenvalue weighted by Gasteiger charge is 2.28. The Balaban J connectivity index is 1.09. The molecule has 1 aliphatic carbocycles. The molecule has 0 aliphatic heterocycles. The highest BCUT2D eigenvalue weighted by atomic mass is 16.5. The van der Waals surface area contributed by atoms with E-state index in [1.807, 2.05) is 24.3 Å². The smallest absolute Gasteiger partial charge is 0.343 e. The number of esters is 4. The van der Waals surface area contributed by atoms with E-state index in [1.165, 1.54) is 6.08 Å². The molecular weight excluding hydrogens is 704 g/mol. The summed E-state index contributed by atoms with van der Waals surface area (Å²) >= 11 is 0. The molecule has 3 aromatic rings. The summed E-state index contributed by atoms with van der Waals surface area (Å²) in [6, 6.07) is 19.2. The topological polar surface area (TPSA) is 133 Å². The summed E-state index contributed by atoms with van der Waals surface area (Å²) in [6.07, 6.45) is 10.6. The molecule has 0 heterocycles. The van der Waals surface area contributed by atoms with Crippen molar-refractivity contribution >= 4 is 23.9 Å². The maximum atomic E-state index is 13.0. The lowest BCUT2D eigenvalue weighted by atomic mass is 9.82. The molecule has 0 amide bonds. The van der Waals surface area contributed by atoms with Crippen LogP contribution in [-0.4, -0.2) is 56.9 Å². The van der Waals surface area contributed by atoms with Gasteiger partial charge in [0.05, 0.1) is 44.5 Å². The molecule has 1 fully saturated rings. The van der Waals surface area contributed by atoms with Crippen LogP contribution in [0.2, 0.25) is 0 Å². The number of hydrogen-bond donors (Lipinski definition) is 0. The van der Waals surface area contributed by atoms with Crippen LogP contribution in [0.15, 0.2) is 92.0 Å². The van der Waals surface area contributed by atoms with Gasteiger partial charge in [0.15, 0.2) is 0 Å². The molecule has 1 aliphatic rings. The van der Waals surface area contributed by atoms with Gasteiger partial charge in [0.2, 0.25) is 0 Å². The van der Waals surface area contributed by atoms with Crippen LogP contribution in [0.4, 0.5) is 0 Å². The molecule has 11 heteroatoms. The van der Waals surface area contributed by atoms with Gasteiger partial charge < -0.3 is 33.2 Å². The lowest BCUT2D eigenvalue weighted by molar-refractivity contribution is -0.140. The van der Waals surface area contributed by atoms with Crippen LogP contribution >= 0.6 is 0 Å². The minimum Gasteiger partial charge on any atom is -0.494 e. The number of ether oxygens (including phenoxy) is 7. The van der Waals surface area contributed by atoms with Crippen molar-refractivity contribution in [1.82, 2.24) is 0 Å². The molecule has 0 unspecified atom stereocenters. The molecule has 4 rings (SSSR count). The fourth-order valence-electron chi connectivity index (χ4n) is 5.86. The summed E-state index contributed by atoms with van der Waals surface area (Å²) in [7, 11) is 0. The summed E-state index contributed by atoms with van der Waals surface area (Å²) in [5.74, 6) is 1.53. The maximum Gasteiger partial charge on any atom is 0.343 e. The molecule has 0 atom stereocenters. The van der Waals surface area contributed by atoms with Crippen LogP contribution in [0.5, 0.6) is 28.7 Å². The Hall–Kier alpha value is -5.58. The van der Waals surface area contributed by atoms with Gasteiger partial charge in [-0.15, -0.1) is 0 Å². The summed E-state index contributed by atoms with van der Waals surface area (Å²) < 4.78 is 38.8. The quantitative estimate of drug-likeness (QED) is 0.0399. The van der Waals surface area contributed by atoms with E-state index in [4.69, 9.17) is 33.2 Å². The third-order valence-corrected chi connectivity index (χ3v) is 9.08. The van der Waals surface area contributed by atoms with Crippen molar-refractivity contribution in [2.45, 2.75) is 71.1 Å². The third-order valence-electron chi connectivity index (χ3n) is 9.08. The van der Waals surface area contributed by atoms with Crippen molar-refractivity contribution in [2.75, 3.05) is 33.0 Å². The van der Waals surface area contributed by atoms with Crippen molar-refractivity contribution in [3.8, 4) is 28.7 Å². The minimum atomic E-state index is -0.517. The van der Waals surface area contributed by atoms with Crippen molar-refractivity contribution in [1.29, 1.82) is 0 Å². The first-order valence-corrected chi connectivity index (χ1v) is 19.0. The SMILES string of the molecule is C=CC(=O)OCCCCCCOc1ccc(OCC2CCC(C(=O)Oc3ccc(OC(=O)c4ccc(OCCCCOC(=O)C=C)cc4)c(C)c3)CC2)cc1. The predicted molar refractivity (Wildman–Crippen MR) is 207 cm³/mol. The maximum absolute atomic E-state index is 13.0. The number of aryl methyl sites for hydroxylation is 1. The number of carbonyl (C=O) groups is 4. The lowest BCUT2D eigenvalue weighted by Gasteiger charge is -2.27. The van der Waals surface area contributed by atoms with Gasteiger partial charge in [-0.05, 0) is 149 Å². The van der Waals surface area contributed by atoms with E-state index < -0.39 is 11.9 Å². The molecule has 11 nitrogen and oxygen atoms in total. The fraction of sp³-hybridized carbons (Fsp3) is 0.409. The number of benzene rings is 3. The Morgan fingerprint density at radius 1 is 0.600 bits per heavy atom. The minimum absolute atomic E-state index is 0.186. The van der Waals surface area contributed by atoms with Gasteiger partial charge in [-0.2, -0.15) is 0 Å². The van der Waals surface area contributed by atoms with Crippen LogP contribution in [0, 0.1) is 18.8 Å². The van der Waals surface area contributed by atoms with E-state index in [0.29, 0.717) is 80.2 Å². The van der Waals surface area contributed by atoms with E-state index in [1.54, 1.807) is 49.4 Å². The van der Waals surface area contributed by atoms with Crippen LogP contribution in [0.1, 0.15) is 80.1 Å². The monoisotopic (exact) mass is 756 g/mol. The highest BCUT2D eigenvalue weighted by molar-refractivity contribution is 5.91. The summed E-state index contributed by atoms with van der Waals surface area (Å²) in [6.45, 7) is 10.9. The molecule has 0 aromatic heterocycles. The molecule has 3 aromatic carbocycles. The molecule has 0 radical (unpaired) electrons. The van der Waals surface area contributed by atoms with Crippen molar-refractivity contribution in [3.63, 3.8) is 0 Å². The number of rotatable bonds is 23. The molecule has 0 spiro atoms. The molecular formula is C44H52O11. The second-order valence-electron chi connectivity index (χ2n) is 13.3. The van der Waals surface area contributed by atoms with Gasteiger partial charge in [0, 0.05) is 12.2 Å². The average molecular weight is 757 g/mol. The van der Waals surface area contributed by atoms with Gasteiger partial charge >= 0.3 is 23.9 Å². The Morgan fingerprint density at radius 2 is 1.09 bits per heavy atom. The number of unbranched alkanes of at least 4 members (excludes halogenated alkanes) is 4. The Bertz CT molecular complexity index is 1690. The number of carbonyl (C=O) groups excluding carboxylic acids is 4. The predicted octanol–water partition coefficient (Wildman–Crippen LogP) is 8.56. The molecule has 55 heavy (non-hydrogen) atoms. The number of hydrogen-bond acceptors (Lipinski definition) is 11. The molecule has 1 saturated carbocycles. The van der Waals surface area contributed by atoms with Gasteiger partial charge in [-0.1, -0.05) is 13.2 Å². The zero-order chi connectivity index (χ0) is 39.3. The van der Waals surface area contributed by atoms with Crippen LogP contribution in [0.25, 0.3) is 0 Å². The fourth-order valence-corrected chi connectivity index (χ4v) is 5.86. The van der Waals surface area contributed by atoms with Crippen molar-refractivity contribution in [2.24, 2.45) is 11.8 Å². The van der Waals surface area contributed by atoms with Gasteiger partial charge in [0.25, 0.3) is 0 Å². The van der Waals surface area contributed by atoms with Crippen molar-refractivity contribution in [3.05, 3.63) is 103 Å². The largest absolute Gasteiger partial charge is 0.494 e. The Kier molecular flexibility index (Phi) is 17.8. The summed E-state index contributed by atoms with van der Waals surface area (Å²) in [5.41, 5.74) is 1.03. The molecule has 294 valence electrons. The first kappa shape index (κ1) is 42.2. The second kappa shape index (κ2) is 23.3. The zero-order valence-corrected chi connectivity index (χ0v) is 31.7. The van der Waals surface area contributed by atoms with Crippen LogP contribution in [0.3, 0.4) is 0 Å². The van der Waals surface area contributed by atoms with E-state index in [2.05, 4.69) is 13.2 Å². The second-order valence-corrected chi connectivity index (χ2v) is 13.3. The van der Waals surface area contributed by atoms with Gasteiger partial charge in [0.1, 0.15) is 28.7 Å². The Labute approximate surface area is 323 Å². The zero-order valence-electron chi connectivity index (χ0n) is 31.7. The summed E-state index contributed by atoms with van der Waals surface area (Å²) in [4.78, 5) is 47.9. The Morgan fingerprint density at radius 3 is 1.65 bits per heavy atom. The van der Waals surface area contributed by atoms with Gasteiger partial charge in [-0.3, -0.25) is 4.79 Å². The van der Waals surface area contributed by atoms with E-state index in [-0.39, 0.29) is 17.9 Å². The third kappa shape index (κ3) is 15.4.